The molecular formula is C82H123N25O24. The Morgan fingerprint density at radius 3 is 1.18 bits per heavy atom. The minimum atomic E-state index is -2.18. The summed E-state index contributed by atoms with van der Waals surface area (Å²) in [6.45, 7) is 8.38. The van der Waals surface area contributed by atoms with Gasteiger partial charge in [0.2, 0.25) is 106 Å². The third-order valence-corrected chi connectivity index (χ3v) is 20.4. The number of nitrogens with one attached hydrogen (secondary N) is 19. The molecule has 15 atom stereocenters. The first kappa shape index (κ1) is 110. The number of amides is 18. The summed E-state index contributed by atoms with van der Waals surface area (Å²) in [6.07, 6.45) is -5.78. The zero-order valence-electron chi connectivity index (χ0n) is 73.7. The summed E-state index contributed by atoms with van der Waals surface area (Å²) in [4.78, 5) is 282. The van der Waals surface area contributed by atoms with E-state index in [1.54, 1.807) is 77.1 Å². The quantitative estimate of drug-likeness (QED) is 0.0142. The molecule has 0 saturated heterocycles. The molecule has 0 fully saturated rings. The lowest BCUT2D eigenvalue weighted by Gasteiger charge is -2.30. The fourth-order valence-corrected chi connectivity index (χ4v) is 12.8. The van der Waals surface area contributed by atoms with E-state index in [0.717, 1.165) is 5.39 Å². The molecule has 18 amide bonds. The molecule has 0 spiro atoms. The van der Waals surface area contributed by atoms with Gasteiger partial charge >= 0.3 is 17.9 Å². The third kappa shape index (κ3) is 41.3. The molecule has 0 saturated carbocycles. The largest absolute Gasteiger partial charge is 0.481 e. The Bertz CT molecular complexity index is 4580. The SMILES string of the molecule is CC[C@H](C)[C@H](NC(=O)[C@H](C)NC(=O)[C@H](Cc1ccc2ccccc2c1)NC(=O)[C@H](CCC(N)=O)NC(=O)[C@H](CCCNC(=N)N)NC(=O)CNC(=O)[C@@H](NC(=O)[C@H](CCC(N)=O)NC(=O)CN)C(C)C)C(=O)N[C@H](C(=O)NCC(=O)N[C@@H](CC(=O)O)C(=O)N[C@@H](CC(=O)O)C(=O)N[C@@H](Cc1ccccc1)C(=O)N[C@@H](CC(N)=O)C(=O)N[C@@H](CCCNC(=N)N)C(=O)O)[C@@H](C)CC. The molecule has 34 N–H and O–H groups in total. The van der Waals surface area contributed by atoms with Crippen molar-refractivity contribution in [3.05, 3.63) is 83.9 Å². The number of rotatable bonds is 60. The Hall–Kier alpha value is -14.7. The van der Waals surface area contributed by atoms with Crippen molar-refractivity contribution >= 4 is 147 Å². The van der Waals surface area contributed by atoms with Crippen LogP contribution in [-0.4, -0.2) is 263 Å². The van der Waals surface area contributed by atoms with Gasteiger partial charge < -0.3 is 140 Å². The van der Waals surface area contributed by atoms with Crippen LogP contribution in [-0.2, 0) is 114 Å². The summed E-state index contributed by atoms with van der Waals surface area (Å²) in [6, 6.07) is -1.86. The van der Waals surface area contributed by atoms with Crippen LogP contribution in [0.5, 0.6) is 0 Å². The second kappa shape index (κ2) is 56.5. The van der Waals surface area contributed by atoms with Gasteiger partial charge in [0.1, 0.15) is 78.5 Å². The molecule has 0 aromatic heterocycles. The van der Waals surface area contributed by atoms with Gasteiger partial charge in [-0.3, -0.25) is 107 Å². The van der Waals surface area contributed by atoms with E-state index in [9.17, 15) is 116 Å². The molecule has 3 rings (SSSR count). The lowest BCUT2D eigenvalue weighted by atomic mass is 9.94. The van der Waals surface area contributed by atoms with E-state index in [1.807, 2.05) is 6.07 Å². The lowest BCUT2D eigenvalue weighted by Crippen LogP contribution is -2.61. The number of nitrogens with two attached hydrogens (primary N) is 6. The molecule has 0 aliphatic heterocycles. The highest BCUT2D eigenvalue weighted by Crippen LogP contribution is 2.19. The number of carbonyl (C=O) groups excluding carboxylic acids is 18. The number of fused-ring (bicyclic) bond motifs is 1. The molecule has 0 radical (unpaired) electrons. The maximum absolute atomic E-state index is 14.8. The summed E-state index contributed by atoms with van der Waals surface area (Å²) in [5.74, 6) is -27.1. The summed E-state index contributed by atoms with van der Waals surface area (Å²) < 4.78 is 0. The minimum absolute atomic E-state index is 0.0213. The second-order valence-corrected chi connectivity index (χ2v) is 31.3. The van der Waals surface area contributed by atoms with Crippen molar-refractivity contribution < 1.29 is 116 Å². The van der Waals surface area contributed by atoms with E-state index in [1.165, 1.54) is 38.1 Å². The topological polar surface area (TPSA) is 827 Å². The Labute approximate surface area is 753 Å². The van der Waals surface area contributed by atoms with Gasteiger partial charge in [0, 0.05) is 38.8 Å². The average molecular weight is 1840 g/mol. The summed E-state index contributed by atoms with van der Waals surface area (Å²) in [5, 5.41) is 86.8. The Kier molecular flexibility index (Phi) is 47.6. The smallest absolute Gasteiger partial charge is 0.326 e. The van der Waals surface area contributed by atoms with Crippen LogP contribution in [0.3, 0.4) is 0 Å². The van der Waals surface area contributed by atoms with E-state index >= 15 is 0 Å². The normalized spacial score (nSPS) is 14.4. The van der Waals surface area contributed by atoms with Crippen molar-refractivity contribution in [2.24, 2.45) is 52.2 Å². The molecule has 49 nitrogen and oxygen atoms in total. The molecule has 3 aromatic carbocycles. The molecule has 0 bridgehead atoms. The van der Waals surface area contributed by atoms with Crippen LogP contribution in [0.2, 0.25) is 0 Å². The van der Waals surface area contributed by atoms with Gasteiger partial charge in [-0.05, 0) is 85.1 Å². The molecule has 0 aliphatic rings. The standard InChI is InChI=1S/C82H123N25O24/c1-8-41(5)66(78(128)94-39-62(113)98-55(35-63(114)115)75(125)104-56(36-64(116)117)76(126)102-52(32-44-17-11-10-12-18-44)73(123)103-54(34-59(86)110)74(124)100-51(80(130)131)22-16-30-92-82(89)90)107-79(129)67(42(6)9-2)106-68(118)43(7)95-72(122)53(33-45-23-24-46-19-13-14-20-47(46)31-45)101-70(120)50(26-28-58(85)109)99-69(119)48(21-15-29-91-81(87)88)97-61(112)38-93-77(127)65(40(3)4)105-71(121)49(25-27-57(84)108)96-60(111)37-83/h10-14,17-20,23-24,31,40-43,48-56,65-67H,8-9,15-16,21-22,25-30,32-39,83H2,1-7H3,(H2,84,108)(H2,85,109)(H2,86,110)(H,93,127)(H,94,128)(H,95,122)(H,96,111)(H,97,112)(H,98,113)(H,99,119)(H,100,124)(H,101,120)(H,102,126)(H,103,123)(H,104,125)(H,105,121)(H,106,118)(H,107,129)(H,114,115)(H,116,117)(H,130,131)(H4,87,88,91)(H4,89,90,92)/t41-,42-,43-,48-,49-,50-,51-,52-,53-,54-,55-,56-,65-,66-,67-/m0/s1. The van der Waals surface area contributed by atoms with Crippen molar-refractivity contribution in [2.75, 3.05) is 32.7 Å². The monoisotopic (exact) mass is 1840 g/mol. The summed E-state index contributed by atoms with van der Waals surface area (Å²) in [7, 11) is 0. The highest BCUT2D eigenvalue weighted by Gasteiger charge is 2.40. The predicted octanol–water partition coefficient (Wildman–Crippen LogP) is -8.15. The zero-order valence-corrected chi connectivity index (χ0v) is 73.7. The highest BCUT2D eigenvalue weighted by atomic mass is 16.4. The van der Waals surface area contributed by atoms with Crippen LogP contribution in [0.4, 0.5) is 0 Å². The van der Waals surface area contributed by atoms with Crippen LogP contribution in [0.1, 0.15) is 143 Å². The third-order valence-electron chi connectivity index (χ3n) is 20.4. The summed E-state index contributed by atoms with van der Waals surface area (Å²) >= 11 is 0. The molecule has 720 valence electrons. The van der Waals surface area contributed by atoms with Crippen molar-refractivity contribution in [3.63, 3.8) is 0 Å². The number of carbonyl (C=O) groups is 21. The van der Waals surface area contributed by atoms with Gasteiger partial charge in [0.25, 0.3) is 0 Å². The number of aliphatic carboxylic acids is 3. The molecule has 3 aromatic rings. The Morgan fingerprint density at radius 2 is 0.710 bits per heavy atom. The lowest BCUT2D eigenvalue weighted by molar-refractivity contribution is -0.143. The maximum atomic E-state index is 14.8. The first-order valence-electron chi connectivity index (χ1n) is 42.0. The van der Waals surface area contributed by atoms with Crippen molar-refractivity contribution in [1.29, 1.82) is 10.8 Å². The number of guanidine groups is 2. The van der Waals surface area contributed by atoms with Crippen LogP contribution in [0.15, 0.2) is 72.8 Å². The van der Waals surface area contributed by atoms with E-state index in [4.69, 9.17) is 45.2 Å². The van der Waals surface area contributed by atoms with E-state index in [2.05, 4.69) is 90.4 Å². The molecule has 0 unspecified atom stereocenters. The van der Waals surface area contributed by atoms with Crippen LogP contribution in [0, 0.1) is 28.6 Å². The van der Waals surface area contributed by atoms with Crippen molar-refractivity contribution in [3.8, 4) is 0 Å². The minimum Gasteiger partial charge on any atom is -0.481 e. The van der Waals surface area contributed by atoms with E-state index in [-0.39, 0.29) is 70.9 Å². The summed E-state index contributed by atoms with van der Waals surface area (Å²) in [5.41, 5.74) is 33.1. The van der Waals surface area contributed by atoms with E-state index in [0.29, 0.717) is 16.5 Å². The molecule has 0 aliphatic carbocycles. The number of hydrogen-bond donors (Lipinski definition) is 28. The second-order valence-electron chi connectivity index (χ2n) is 31.3. The van der Waals surface area contributed by atoms with Gasteiger partial charge in [-0.15, -0.1) is 0 Å². The van der Waals surface area contributed by atoms with Gasteiger partial charge in [-0.1, -0.05) is 127 Å². The molecule has 49 heteroatoms. The number of carboxylic acid groups (broad SMARTS) is 3. The Balaban J connectivity index is 1.91. The van der Waals surface area contributed by atoms with Gasteiger partial charge in [-0.2, -0.15) is 0 Å². The molecule has 0 heterocycles. The predicted molar refractivity (Wildman–Crippen MR) is 469 cm³/mol. The number of hydrogen-bond acceptors (Lipinski definition) is 24. The number of carboxylic acids is 3. The molecule has 131 heavy (non-hydrogen) atoms. The zero-order chi connectivity index (χ0) is 98.5. The fraction of sp³-hybridized carbons (Fsp3) is 0.524. The Morgan fingerprint density at radius 1 is 0.344 bits per heavy atom. The van der Waals surface area contributed by atoms with Crippen molar-refractivity contribution in [1.82, 2.24) is 90.4 Å². The van der Waals surface area contributed by atoms with Gasteiger partial charge in [0.15, 0.2) is 11.9 Å². The highest BCUT2D eigenvalue weighted by molar-refractivity contribution is 6.02. The van der Waals surface area contributed by atoms with E-state index < -0.39 is 291 Å². The first-order chi connectivity index (χ1) is 61.7. The van der Waals surface area contributed by atoms with Gasteiger partial charge in [-0.25, -0.2) is 4.79 Å². The molecular weight excluding hydrogens is 1720 g/mol. The van der Waals surface area contributed by atoms with Crippen LogP contribution < -0.4 is 125 Å². The number of benzene rings is 3. The fourth-order valence-electron chi connectivity index (χ4n) is 12.8. The van der Waals surface area contributed by atoms with Crippen molar-refractivity contribution in [2.45, 2.75) is 223 Å². The van der Waals surface area contributed by atoms with Gasteiger partial charge in [0.05, 0.1) is 38.9 Å². The average Bonchev–Trinajstić information content (AvgIpc) is 0.837. The van der Waals surface area contributed by atoms with Crippen LogP contribution in [0.25, 0.3) is 10.8 Å². The number of primary amides is 3. The maximum Gasteiger partial charge on any atom is 0.326 e. The first-order valence-corrected chi connectivity index (χ1v) is 42.0. The van der Waals surface area contributed by atoms with Crippen LogP contribution >= 0.6 is 0 Å².